The Labute approximate surface area is 196 Å². The van der Waals surface area contributed by atoms with Gasteiger partial charge in [0.05, 0.1) is 13.2 Å². The maximum absolute atomic E-state index is 13.0. The minimum absolute atomic E-state index is 0.0313. The molecule has 0 bridgehead atoms. The lowest BCUT2D eigenvalue weighted by Crippen LogP contribution is -2.38. The molecule has 0 aliphatic carbocycles. The molecule has 8 heteroatoms. The summed E-state index contributed by atoms with van der Waals surface area (Å²) in [4.78, 5) is 14.9. The Bertz CT molecular complexity index is 1040. The van der Waals surface area contributed by atoms with Crippen LogP contribution in [-0.4, -0.2) is 45.6 Å². The Balaban J connectivity index is 1.75. The molecule has 0 aromatic heterocycles. The molecule has 1 aliphatic heterocycles. The van der Waals surface area contributed by atoms with Gasteiger partial charge in [-0.3, -0.25) is 4.79 Å². The van der Waals surface area contributed by atoms with Crippen molar-refractivity contribution in [2.45, 2.75) is 57.6 Å². The maximum atomic E-state index is 13.0. The zero-order valence-electron chi connectivity index (χ0n) is 19.7. The van der Waals surface area contributed by atoms with Gasteiger partial charge in [0.2, 0.25) is 5.91 Å². The SMILES string of the molecule is COc1ccc(S(=O)(=O)Oc2cccc(CN(CC3CCCO3)C(=O)CC(C)(C)C)c2)cc1. The van der Waals surface area contributed by atoms with Gasteiger partial charge in [-0.25, -0.2) is 0 Å². The second kappa shape index (κ2) is 10.6. The Kier molecular flexibility index (Phi) is 8.02. The van der Waals surface area contributed by atoms with Gasteiger partial charge in [-0.05, 0) is 60.2 Å². The maximum Gasteiger partial charge on any atom is 0.339 e. The molecule has 1 saturated heterocycles. The van der Waals surface area contributed by atoms with Crippen LogP contribution in [0.4, 0.5) is 0 Å². The van der Waals surface area contributed by atoms with E-state index in [0.717, 1.165) is 25.0 Å². The third kappa shape index (κ3) is 7.47. The van der Waals surface area contributed by atoms with Gasteiger partial charge in [-0.1, -0.05) is 32.9 Å². The average Bonchev–Trinajstić information content (AvgIpc) is 3.25. The average molecular weight is 476 g/mol. The lowest BCUT2D eigenvalue weighted by Gasteiger charge is -2.29. The van der Waals surface area contributed by atoms with Crippen LogP contribution in [0.1, 0.15) is 45.6 Å². The van der Waals surface area contributed by atoms with Crippen LogP contribution in [-0.2, 0) is 26.2 Å². The van der Waals surface area contributed by atoms with Gasteiger partial charge in [0.25, 0.3) is 0 Å². The van der Waals surface area contributed by atoms with Crippen LogP contribution in [0.3, 0.4) is 0 Å². The predicted octanol–water partition coefficient (Wildman–Crippen LogP) is 4.41. The monoisotopic (exact) mass is 475 g/mol. The molecule has 2 aromatic carbocycles. The van der Waals surface area contributed by atoms with E-state index >= 15 is 0 Å². The van der Waals surface area contributed by atoms with E-state index in [2.05, 4.69) is 0 Å². The minimum Gasteiger partial charge on any atom is -0.497 e. The summed E-state index contributed by atoms with van der Waals surface area (Å²) in [6.45, 7) is 7.70. The van der Waals surface area contributed by atoms with Crippen LogP contribution < -0.4 is 8.92 Å². The first-order valence-corrected chi connectivity index (χ1v) is 12.5. The highest BCUT2D eigenvalue weighted by atomic mass is 32.2. The molecule has 33 heavy (non-hydrogen) atoms. The van der Waals surface area contributed by atoms with Crippen molar-refractivity contribution in [1.82, 2.24) is 4.90 Å². The molecule has 1 aliphatic rings. The first kappa shape index (κ1) is 25.1. The van der Waals surface area contributed by atoms with Gasteiger partial charge in [0.15, 0.2) is 0 Å². The number of benzene rings is 2. The van der Waals surface area contributed by atoms with E-state index in [0.29, 0.717) is 25.3 Å². The number of methoxy groups -OCH3 is 1. The van der Waals surface area contributed by atoms with Crippen LogP contribution in [0.2, 0.25) is 0 Å². The zero-order valence-corrected chi connectivity index (χ0v) is 20.6. The van der Waals surface area contributed by atoms with Gasteiger partial charge < -0.3 is 18.6 Å². The van der Waals surface area contributed by atoms with Crippen molar-refractivity contribution in [3.63, 3.8) is 0 Å². The molecule has 1 fully saturated rings. The largest absolute Gasteiger partial charge is 0.497 e. The minimum atomic E-state index is -4.00. The summed E-state index contributed by atoms with van der Waals surface area (Å²) >= 11 is 0. The lowest BCUT2D eigenvalue weighted by molar-refractivity contribution is -0.135. The highest BCUT2D eigenvalue weighted by Crippen LogP contribution is 2.25. The van der Waals surface area contributed by atoms with Gasteiger partial charge in [-0.15, -0.1) is 0 Å². The quantitative estimate of drug-likeness (QED) is 0.500. The summed E-state index contributed by atoms with van der Waals surface area (Å²) in [6, 6.07) is 12.8. The number of nitrogens with zero attached hydrogens (tertiary/aromatic N) is 1. The zero-order chi connectivity index (χ0) is 24.1. The Morgan fingerprint density at radius 1 is 1.12 bits per heavy atom. The molecule has 7 nitrogen and oxygen atoms in total. The van der Waals surface area contributed by atoms with E-state index in [4.69, 9.17) is 13.7 Å². The number of amides is 1. The molecular formula is C25H33NO6S. The number of carbonyl (C=O) groups is 1. The molecule has 1 unspecified atom stereocenters. The fourth-order valence-electron chi connectivity index (χ4n) is 3.69. The highest BCUT2D eigenvalue weighted by Gasteiger charge is 2.26. The van der Waals surface area contributed by atoms with Crippen molar-refractivity contribution in [1.29, 1.82) is 0 Å². The van der Waals surface area contributed by atoms with Gasteiger partial charge in [0.1, 0.15) is 16.4 Å². The Hall–Kier alpha value is -2.58. The molecular weight excluding hydrogens is 442 g/mol. The normalized spacial score (nSPS) is 16.4. The fraction of sp³-hybridized carbons (Fsp3) is 0.480. The van der Waals surface area contributed by atoms with E-state index in [1.807, 2.05) is 26.8 Å². The van der Waals surface area contributed by atoms with Crippen molar-refractivity contribution < 1.29 is 26.9 Å². The molecule has 0 N–H and O–H groups in total. The summed E-state index contributed by atoms with van der Waals surface area (Å²) in [5, 5.41) is 0. The van der Waals surface area contributed by atoms with Gasteiger partial charge >= 0.3 is 10.1 Å². The van der Waals surface area contributed by atoms with Crippen molar-refractivity contribution in [2.24, 2.45) is 5.41 Å². The van der Waals surface area contributed by atoms with Crippen molar-refractivity contribution in [2.75, 3.05) is 20.3 Å². The first-order chi connectivity index (χ1) is 15.6. The third-order valence-electron chi connectivity index (χ3n) is 5.31. The van der Waals surface area contributed by atoms with Crippen LogP contribution in [0.15, 0.2) is 53.4 Å². The number of ether oxygens (including phenoxy) is 2. The number of carbonyl (C=O) groups excluding carboxylic acids is 1. The summed E-state index contributed by atoms with van der Waals surface area (Å²) < 4.78 is 41.6. The van der Waals surface area contributed by atoms with E-state index in [1.165, 1.54) is 19.2 Å². The topological polar surface area (TPSA) is 82.1 Å². The molecule has 0 saturated carbocycles. The number of rotatable bonds is 9. The fourth-order valence-corrected chi connectivity index (χ4v) is 4.61. The molecule has 0 spiro atoms. The van der Waals surface area contributed by atoms with E-state index in [9.17, 15) is 13.2 Å². The van der Waals surface area contributed by atoms with Crippen LogP contribution in [0.25, 0.3) is 0 Å². The first-order valence-electron chi connectivity index (χ1n) is 11.1. The summed E-state index contributed by atoms with van der Waals surface area (Å²) in [5.41, 5.74) is 0.654. The van der Waals surface area contributed by atoms with Gasteiger partial charge in [-0.2, -0.15) is 8.42 Å². The van der Waals surface area contributed by atoms with E-state index in [-0.39, 0.29) is 28.1 Å². The smallest absolute Gasteiger partial charge is 0.339 e. The Morgan fingerprint density at radius 3 is 2.45 bits per heavy atom. The van der Waals surface area contributed by atoms with Gasteiger partial charge in [0, 0.05) is 26.1 Å². The van der Waals surface area contributed by atoms with Crippen molar-refractivity contribution in [3.05, 3.63) is 54.1 Å². The highest BCUT2D eigenvalue weighted by molar-refractivity contribution is 7.87. The van der Waals surface area contributed by atoms with Crippen molar-refractivity contribution in [3.8, 4) is 11.5 Å². The molecule has 1 heterocycles. The summed E-state index contributed by atoms with van der Waals surface area (Å²) in [5.74, 6) is 0.807. The molecule has 180 valence electrons. The van der Waals surface area contributed by atoms with Crippen LogP contribution >= 0.6 is 0 Å². The standard InChI is InChI=1S/C25H33NO6S/c1-25(2,3)16-24(27)26(18-22-9-6-14-31-22)17-19-7-5-8-21(15-19)32-33(28,29)23-12-10-20(30-4)11-13-23/h5,7-8,10-13,15,22H,6,9,14,16-18H2,1-4H3. The number of hydrogen-bond donors (Lipinski definition) is 0. The molecule has 0 radical (unpaired) electrons. The second-order valence-electron chi connectivity index (χ2n) is 9.51. The summed E-state index contributed by atoms with van der Waals surface area (Å²) in [6.07, 6.45) is 2.38. The summed E-state index contributed by atoms with van der Waals surface area (Å²) in [7, 11) is -2.48. The number of hydrogen-bond acceptors (Lipinski definition) is 6. The molecule has 3 rings (SSSR count). The van der Waals surface area contributed by atoms with Crippen LogP contribution in [0, 0.1) is 5.41 Å². The third-order valence-corrected chi connectivity index (χ3v) is 6.57. The Morgan fingerprint density at radius 2 is 1.85 bits per heavy atom. The molecule has 2 aromatic rings. The predicted molar refractivity (Wildman–Crippen MR) is 126 cm³/mol. The van der Waals surface area contributed by atoms with E-state index < -0.39 is 10.1 Å². The lowest BCUT2D eigenvalue weighted by atomic mass is 9.91. The van der Waals surface area contributed by atoms with Crippen LogP contribution in [0.5, 0.6) is 11.5 Å². The van der Waals surface area contributed by atoms with Crippen molar-refractivity contribution >= 4 is 16.0 Å². The molecule has 1 amide bonds. The second-order valence-corrected chi connectivity index (χ2v) is 11.1. The molecule has 1 atom stereocenters. The van der Waals surface area contributed by atoms with E-state index in [1.54, 1.807) is 35.2 Å².